The first kappa shape index (κ1) is 32.6. The summed E-state index contributed by atoms with van der Waals surface area (Å²) in [6.07, 6.45) is 1.65. The molecule has 0 spiro atoms. The van der Waals surface area contributed by atoms with E-state index in [0.717, 1.165) is 32.2 Å². The first-order chi connectivity index (χ1) is 23.4. The Labute approximate surface area is 290 Å². The summed E-state index contributed by atoms with van der Waals surface area (Å²) < 4.78 is 0. The van der Waals surface area contributed by atoms with Gasteiger partial charge in [0.1, 0.15) is 5.70 Å². The van der Waals surface area contributed by atoms with Gasteiger partial charge in [-0.25, -0.2) is 4.98 Å². The molecule has 7 nitrogen and oxygen atoms in total. The SMILES string of the molecule is CC(Sc1ccc(NC(=O)/C(=C/c2ccc(-c3ccccc3)cc2)NC(=O)c2ccccc2)cc1)C(=O)Nc1nc(-c2cccs2)cs1. The third-order valence-corrected chi connectivity index (χ3v) is 9.92. The Hall–Kier alpha value is -5.29. The van der Waals surface area contributed by atoms with Gasteiger partial charge in [0.05, 0.1) is 15.8 Å². The van der Waals surface area contributed by atoms with Gasteiger partial charge in [0, 0.05) is 21.5 Å². The number of thioether (sulfide) groups is 1. The van der Waals surface area contributed by atoms with Crippen molar-refractivity contribution >= 4 is 69.1 Å². The van der Waals surface area contributed by atoms with Crippen molar-refractivity contribution in [1.82, 2.24) is 10.3 Å². The van der Waals surface area contributed by atoms with E-state index in [1.165, 1.54) is 23.1 Å². The second kappa shape index (κ2) is 15.5. The molecule has 3 amide bonds. The lowest BCUT2D eigenvalue weighted by atomic mass is 10.0. The van der Waals surface area contributed by atoms with Gasteiger partial charge in [0.15, 0.2) is 5.13 Å². The number of carbonyl (C=O) groups excluding carboxylic acids is 3. The van der Waals surface area contributed by atoms with Crippen LogP contribution in [0.2, 0.25) is 0 Å². The molecule has 4 aromatic carbocycles. The fourth-order valence-electron chi connectivity index (χ4n) is 4.66. The molecule has 48 heavy (non-hydrogen) atoms. The van der Waals surface area contributed by atoms with Crippen molar-refractivity contribution in [2.24, 2.45) is 0 Å². The number of amides is 3. The Bertz CT molecular complexity index is 2030. The molecule has 3 N–H and O–H groups in total. The first-order valence-corrected chi connectivity index (χ1v) is 17.7. The van der Waals surface area contributed by atoms with E-state index in [1.807, 2.05) is 103 Å². The number of aromatic nitrogens is 1. The number of benzene rings is 4. The number of thiophene rings is 1. The molecule has 6 rings (SSSR count). The zero-order valence-electron chi connectivity index (χ0n) is 25.8. The molecule has 0 aliphatic rings. The predicted octanol–water partition coefficient (Wildman–Crippen LogP) is 9.07. The second-order valence-corrected chi connectivity index (χ2v) is 13.8. The van der Waals surface area contributed by atoms with Crippen molar-refractivity contribution in [3.63, 3.8) is 0 Å². The summed E-state index contributed by atoms with van der Waals surface area (Å²) in [7, 11) is 0. The summed E-state index contributed by atoms with van der Waals surface area (Å²) in [5.41, 5.74) is 4.82. The minimum absolute atomic E-state index is 0.101. The van der Waals surface area contributed by atoms with Crippen molar-refractivity contribution in [3.05, 3.63) is 149 Å². The van der Waals surface area contributed by atoms with Gasteiger partial charge in [0.2, 0.25) is 5.91 Å². The molecule has 238 valence electrons. The Morgan fingerprint density at radius 2 is 1.44 bits per heavy atom. The molecule has 6 aromatic rings. The molecule has 2 heterocycles. The number of nitrogens with zero attached hydrogens (tertiary/aromatic N) is 1. The van der Waals surface area contributed by atoms with E-state index in [1.54, 1.807) is 53.8 Å². The minimum atomic E-state index is -0.468. The van der Waals surface area contributed by atoms with Gasteiger partial charge >= 0.3 is 0 Å². The van der Waals surface area contributed by atoms with Crippen LogP contribution in [-0.2, 0) is 9.59 Å². The van der Waals surface area contributed by atoms with Gasteiger partial charge in [-0.05, 0) is 77.5 Å². The molecular weight excluding hydrogens is 657 g/mol. The van der Waals surface area contributed by atoms with Crippen molar-refractivity contribution in [2.75, 3.05) is 10.6 Å². The number of nitrogens with one attached hydrogen (secondary N) is 3. The van der Waals surface area contributed by atoms with Crippen LogP contribution in [-0.4, -0.2) is 28.0 Å². The molecule has 0 radical (unpaired) electrons. The van der Waals surface area contributed by atoms with Gasteiger partial charge in [-0.3, -0.25) is 14.4 Å². The number of carbonyl (C=O) groups is 3. The van der Waals surface area contributed by atoms with Crippen LogP contribution in [0.5, 0.6) is 0 Å². The topological polar surface area (TPSA) is 100 Å². The van der Waals surface area contributed by atoms with Gasteiger partial charge in [-0.1, -0.05) is 78.9 Å². The fraction of sp³-hybridized carbons (Fsp3) is 0.0526. The van der Waals surface area contributed by atoms with Gasteiger partial charge < -0.3 is 16.0 Å². The highest BCUT2D eigenvalue weighted by Gasteiger charge is 2.18. The van der Waals surface area contributed by atoms with E-state index in [2.05, 4.69) is 20.9 Å². The smallest absolute Gasteiger partial charge is 0.272 e. The average Bonchev–Trinajstić information content (AvgIpc) is 3.83. The third kappa shape index (κ3) is 8.54. The van der Waals surface area contributed by atoms with E-state index >= 15 is 0 Å². The van der Waals surface area contributed by atoms with E-state index in [0.29, 0.717) is 16.4 Å². The molecule has 0 fully saturated rings. The van der Waals surface area contributed by atoms with Crippen LogP contribution >= 0.6 is 34.4 Å². The highest BCUT2D eigenvalue weighted by molar-refractivity contribution is 8.00. The Kier molecular flexibility index (Phi) is 10.6. The normalized spacial score (nSPS) is 11.8. The van der Waals surface area contributed by atoms with Crippen LogP contribution in [0.25, 0.3) is 27.8 Å². The van der Waals surface area contributed by atoms with Gasteiger partial charge in [-0.15, -0.1) is 34.4 Å². The summed E-state index contributed by atoms with van der Waals surface area (Å²) in [6.45, 7) is 1.84. The first-order valence-electron chi connectivity index (χ1n) is 15.0. The molecule has 0 aliphatic heterocycles. The standard InChI is InChI=1S/C38H30N4O3S3/c1-25(35(43)42-38-41-33(24-47-38)34-13-8-22-46-34)48-31-20-18-30(19-21-31)39-37(45)32(40-36(44)29-11-6-3-7-12-29)23-26-14-16-28(17-15-26)27-9-4-2-5-10-27/h2-25H,1H3,(H,39,45)(H,40,44)(H,41,42,43)/b32-23-. The van der Waals surface area contributed by atoms with Crippen LogP contribution in [0.15, 0.2) is 143 Å². The zero-order chi connectivity index (χ0) is 33.3. The molecule has 1 atom stereocenters. The average molecular weight is 687 g/mol. The molecule has 2 aromatic heterocycles. The van der Waals surface area contributed by atoms with Crippen molar-refractivity contribution in [1.29, 1.82) is 0 Å². The Morgan fingerprint density at radius 3 is 2.12 bits per heavy atom. The van der Waals surface area contributed by atoms with Crippen molar-refractivity contribution < 1.29 is 14.4 Å². The lowest BCUT2D eigenvalue weighted by Crippen LogP contribution is -2.30. The molecule has 1 unspecified atom stereocenters. The second-order valence-electron chi connectivity index (χ2n) is 10.6. The predicted molar refractivity (Wildman–Crippen MR) is 198 cm³/mol. The van der Waals surface area contributed by atoms with Crippen LogP contribution in [0.1, 0.15) is 22.8 Å². The maximum Gasteiger partial charge on any atom is 0.272 e. The summed E-state index contributed by atoms with van der Waals surface area (Å²) in [4.78, 5) is 45.9. The molecule has 0 saturated heterocycles. The van der Waals surface area contributed by atoms with Crippen LogP contribution < -0.4 is 16.0 Å². The Balaban J connectivity index is 1.11. The Morgan fingerprint density at radius 1 is 0.750 bits per heavy atom. The molecule has 10 heteroatoms. The summed E-state index contributed by atoms with van der Waals surface area (Å²) >= 11 is 4.40. The van der Waals surface area contributed by atoms with Gasteiger partial charge in [0.25, 0.3) is 11.8 Å². The maximum absolute atomic E-state index is 13.5. The molecular formula is C38H30N4O3S3. The van der Waals surface area contributed by atoms with E-state index in [-0.39, 0.29) is 16.9 Å². The highest BCUT2D eigenvalue weighted by Crippen LogP contribution is 2.30. The summed E-state index contributed by atoms with van der Waals surface area (Å²) in [5, 5.41) is 12.7. The van der Waals surface area contributed by atoms with Crippen LogP contribution in [0.4, 0.5) is 10.8 Å². The van der Waals surface area contributed by atoms with Crippen LogP contribution in [0, 0.1) is 0 Å². The molecule has 0 saturated carbocycles. The van der Waals surface area contributed by atoms with Crippen LogP contribution in [0.3, 0.4) is 0 Å². The third-order valence-electron chi connectivity index (χ3n) is 7.16. The summed E-state index contributed by atoms with van der Waals surface area (Å²) in [6, 6.07) is 37.7. The number of thiazole rings is 1. The quantitative estimate of drug-likeness (QED) is 0.0933. The zero-order valence-corrected chi connectivity index (χ0v) is 28.2. The minimum Gasteiger partial charge on any atom is -0.321 e. The largest absolute Gasteiger partial charge is 0.321 e. The molecule has 0 bridgehead atoms. The lowest BCUT2D eigenvalue weighted by molar-refractivity contribution is -0.115. The van der Waals surface area contributed by atoms with E-state index in [4.69, 9.17) is 0 Å². The van der Waals surface area contributed by atoms with E-state index < -0.39 is 11.8 Å². The summed E-state index contributed by atoms with van der Waals surface area (Å²) in [5.74, 6) is -1.01. The monoisotopic (exact) mass is 686 g/mol. The van der Waals surface area contributed by atoms with E-state index in [9.17, 15) is 14.4 Å². The number of anilines is 2. The maximum atomic E-state index is 13.5. The number of rotatable bonds is 11. The lowest BCUT2D eigenvalue weighted by Gasteiger charge is -2.13. The van der Waals surface area contributed by atoms with Crippen molar-refractivity contribution in [2.45, 2.75) is 17.1 Å². The fourth-order valence-corrected chi connectivity index (χ4v) is 7.00. The molecule has 0 aliphatic carbocycles. The number of hydrogen-bond acceptors (Lipinski definition) is 7. The number of hydrogen-bond donors (Lipinski definition) is 3. The van der Waals surface area contributed by atoms with Crippen molar-refractivity contribution in [3.8, 4) is 21.7 Å². The highest BCUT2D eigenvalue weighted by atomic mass is 32.2. The van der Waals surface area contributed by atoms with Gasteiger partial charge in [-0.2, -0.15) is 0 Å².